The highest BCUT2D eigenvalue weighted by Crippen LogP contribution is 2.32. The van der Waals surface area contributed by atoms with E-state index >= 15 is 0 Å². The van der Waals surface area contributed by atoms with Crippen molar-refractivity contribution in [1.29, 1.82) is 0 Å². The summed E-state index contributed by atoms with van der Waals surface area (Å²) in [6.45, 7) is 11.0. The Morgan fingerprint density at radius 1 is 1.50 bits per heavy atom. The monoisotopic (exact) mass is 323 g/mol. The van der Waals surface area contributed by atoms with Crippen LogP contribution in [0.1, 0.15) is 32.6 Å². The average Bonchev–Trinajstić information content (AvgIpc) is 2.45. The lowest BCUT2D eigenvalue weighted by Crippen LogP contribution is -2.32. The normalized spacial score (nSPS) is 12.4. The van der Waals surface area contributed by atoms with Gasteiger partial charge in [0.05, 0.1) is 0 Å². The third-order valence-corrected chi connectivity index (χ3v) is 5.61. The van der Waals surface area contributed by atoms with E-state index < -0.39 is 0 Å². The summed E-state index contributed by atoms with van der Waals surface area (Å²) in [6, 6.07) is 2.09. The second kappa shape index (κ2) is 5.85. The molecule has 0 fully saturated rings. The van der Waals surface area contributed by atoms with Gasteiger partial charge in [-0.2, -0.15) is 0 Å². The van der Waals surface area contributed by atoms with Crippen molar-refractivity contribution in [3.63, 3.8) is 0 Å². The van der Waals surface area contributed by atoms with Crippen LogP contribution in [-0.2, 0) is 6.54 Å². The lowest BCUT2D eigenvalue weighted by molar-refractivity contribution is 0.238. The second-order valence-corrected chi connectivity index (χ2v) is 7.67. The van der Waals surface area contributed by atoms with Gasteiger partial charge in [0.15, 0.2) is 0 Å². The predicted octanol–water partition coefficient (Wildman–Crippen LogP) is 4.94. The molecule has 0 aromatic carbocycles. The van der Waals surface area contributed by atoms with E-state index in [0.717, 1.165) is 21.9 Å². The molecule has 4 heteroatoms. The van der Waals surface area contributed by atoms with E-state index in [4.69, 9.17) is 11.6 Å². The molecule has 1 N–H and O–H groups in total. The number of hydrogen-bond acceptors (Lipinski definition) is 2. The quantitative estimate of drug-likeness (QED) is 0.809. The second-order valence-electron chi connectivity index (χ2n) is 5.08. The van der Waals surface area contributed by atoms with Crippen molar-refractivity contribution in [2.75, 3.05) is 6.54 Å². The molecule has 0 unspecified atom stereocenters. The third kappa shape index (κ3) is 4.02. The number of hydrogen-bond donors (Lipinski definition) is 1. The summed E-state index contributed by atoms with van der Waals surface area (Å²) in [5.74, 6) is 0.679. The third-order valence-electron chi connectivity index (χ3n) is 3.14. The van der Waals surface area contributed by atoms with E-state index in [1.807, 2.05) is 0 Å². The van der Waals surface area contributed by atoms with Crippen molar-refractivity contribution < 1.29 is 0 Å². The van der Waals surface area contributed by atoms with Crippen LogP contribution < -0.4 is 5.32 Å². The summed E-state index contributed by atoms with van der Waals surface area (Å²) < 4.78 is 1.83. The lowest BCUT2D eigenvalue weighted by atomic mass is 9.81. The molecule has 92 valence electrons. The van der Waals surface area contributed by atoms with E-state index in [1.54, 1.807) is 11.3 Å². The molecular weight excluding hydrogens is 306 g/mol. The molecule has 1 rings (SSSR count). The van der Waals surface area contributed by atoms with Crippen LogP contribution in [0.5, 0.6) is 0 Å². The minimum Gasteiger partial charge on any atom is -0.311 e. The summed E-state index contributed by atoms with van der Waals surface area (Å²) in [5, 5.41) is 3.49. The smallest absolute Gasteiger partial charge is 0.107 e. The van der Waals surface area contributed by atoms with Gasteiger partial charge in [-0.1, -0.05) is 39.3 Å². The summed E-state index contributed by atoms with van der Waals surface area (Å²) in [6.07, 6.45) is 0. The molecule has 0 aliphatic rings. The molecule has 0 saturated heterocycles. The molecule has 0 saturated carbocycles. The van der Waals surface area contributed by atoms with Gasteiger partial charge in [-0.25, -0.2) is 0 Å². The van der Waals surface area contributed by atoms with Crippen molar-refractivity contribution in [1.82, 2.24) is 5.32 Å². The summed E-state index contributed by atoms with van der Waals surface area (Å²) in [7, 11) is 0. The fourth-order valence-electron chi connectivity index (χ4n) is 1.19. The highest BCUT2D eigenvalue weighted by atomic mass is 79.9. The van der Waals surface area contributed by atoms with Crippen LogP contribution in [-0.4, -0.2) is 6.54 Å². The number of halogens is 2. The molecule has 0 bridgehead atoms. The SMILES string of the molecule is CC(C)C(C)(C)CNCc1cc(Br)c(Cl)s1. The van der Waals surface area contributed by atoms with Crippen molar-refractivity contribution in [3.8, 4) is 0 Å². The van der Waals surface area contributed by atoms with Gasteiger partial charge in [0.25, 0.3) is 0 Å². The van der Waals surface area contributed by atoms with Crippen molar-refractivity contribution in [2.24, 2.45) is 11.3 Å². The fourth-order valence-corrected chi connectivity index (χ4v) is 2.95. The van der Waals surface area contributed by atoms with Gasteiger partial charge < -0.3 is 5.32 Å². The van der Waals surface area contributed by atoms with Gasteiger partial charge in [0, 0.05) is 22.4 Å². The highest BCUT2D eigenvalue weighted by Gasteiger charge is 2.21. The minimum absolute atomic E-state index is 0.332. The Balaban J connectivity index is 2.41. The van der Waals surface area contributed by atoms with E-state index in [0.29, 0.717) is 11.3 Å². The lowest BCUT2D eigenvalue weighted by Gasteiger charge is -2.29. The topological polar surface area (TPSA) is 12.0 Å². The molecule has 1 aromatic heterocycles. The summed E-state index contributed by atoms with van der Waals surface area (Å²) in [4.78, 5) is 1.27. The van der Waals surface area contributed by atoms with Crippen LogP contribution in [0, 0.1) is 11.3 Å². The first-order chi connectivity index (χ1) is 7.33. The highest BCUT2D eigenvalue weighted by molar-refractivity contribution is 9.10. The molecule has 1 heterocycles. The standard InChI is InChI=1S/C12H19BrClNS/c1-8(2)12(3,4)7-15-6-9-5-10(13)11(14)16-9/h5,8,15H,6-7H2,1-4H3. The molecule has 0 atom stereocenters. The molecule has 0 aliphatic heterocycles. The first kappa shape index (κ1) is 14.5. The maximum Gasteiger partial charge on any atom is 0.107 e. The Labute approximate surface area is 116 Å². The Morgan fingerprint density at radius 2 is 2.12 bits per heavy atom. The summed E-state index contributed by atoms with van der Waals surface area (Å²) >= 11 is 11.0. The number of nitrogens with one attached hydrogen (secondary N) is 1. The fraction of sp³-hybridized carbons (Fsp3) is 0.667. The Kier molecular flexibility index (Phi) is 5.30. The van der Waals surface area contributed by atoms with Gasteiger partial charge in [-0.3, -0.25) is 0 Å². The van der Waals surface area contributed by atoms with E-state index in [9.17, 15) is 0 Å². The molecule has 0 aliphatic carbocycles. The average molecular weight is 325 g/mol. The maximum atomic E-state index is 5.99. The van der Waals surface area contributed by atoms with Crippen LogP contribution in [0.15, 0.2) is 10.5 Å². The van der Waals surface area contributed by atoms with E-state index in [1.165, 1.54) is 4.88 Å². The molecule has 0 amide bonds. The molecule has 0 spiro atoms. The zero-order valence-electron chi connectivity index (χ0n) is 10.2. The zero-order chi connectivity index (χ0) is 12.3. The molecule has 1 nitrogen and oxygen atoms in total. The van der Waals surface area contributed by atoms with Crippen LogP contribution in [0.25, 0.3) is 0 Å². The van der Waals surface area contributed by atoms with Crippen LogP contribution in [0.4, 0.5) is 0 Å². The maximum absolute atomic E-state index is 5.99. The predicted molar refractivity (Wildman–Crippen MR) is 77.4 cm³/mol. The Hall–Kier alpha value is 0.430. The van der Waals surface area contributed by atoms with E-state index in [2.05, 4.69) is 55.0 Å². The van der Waals surface area contributed by atoms with Gasteiger partial charge >= 0.3 is 0 Å². The van der Waals surface area contributed by atoms with Gasteiger partial charge in [0.1, 0.15) is 4.34 Å². The molecule has 0 radical (unpaired) electrons. The van der Waals surface area contributed by atoms with Crippen molar-refractivity contribution in [2.45, 2.75) is 34.2 Å². The number of rotatable bonds is 5. The van der Waals surface area contributed by atoms with Crippen molar-refractivity contribution >= 4 is 38.9 Å². The summed E-state index contributed by atoms with van der Waals surface area (Å²) in [5.41, 5.74) is 0.332. The van der Waals surface area contributed by atoms with Gasteiger partial charge in [-0.15, -0.1) is 11.3 Å². The first-order valence-corrected chi connectivity index (χ1v) is 7.46. The van der Waals surface area contributed by atoms with Crippen LogP contribution in [0.3, 0.4) is 0 Å². The molecule has 1 aromatic rings. The first-order valence-electron chi connectivity index (χ1n) is 5.47. The molecular formula is C12H19BrClNS. The van der Waals surface area contributed by atoms with Crippen molar-refractivity contribution in [3.05, 3.63) is 19.8 Å². The van der Waals surface area contributed by atoms with Gasteiger partial charge in [-0.05, 0) is 33.3 Å². The van der Waals surface area contributed by atoms with Crippen LogP contribution >= 0.6 is 38.9 Å². The zero-order valence-corrected chi connectivity index (χ0v) is 13.4. The van der Waals surface area contributed by atoms with Gasteiger partial charge in [0.2, 0.25) is 0 Å². The number of thiophene rings is 1. The molecule has 16 heavy (non-hydrogen) atoms. The van der Waals surface area contributed by atoms with E-state index in [-0.39, 0.29) is 0 Å². The van der Waals surface area contributed by atoms with Crippen LogP contribution in [0.2, 0.25) is 4.34 Å². The largest absolute Gasteiger partial charge is 0.311 e. The minimum atomic E-state index is 0.332. The Bertz CT molecular complexity index is 327. The Morgan fingerprint density at radius 3 is 2.56 bits per heavy atom.